The van der Waals surface area contributed by atoms with E-state index >= 15 is 0 Å². The van der Waals surface area contributed by atoms with Crippen molar-refractivity contribution in [2.75, 3.05) is 0 Å². The van der Waals surface area contributed by atoms with Crippen LogP contribution >= 0.6 is 0 Å². The minimum Gasteiger partial charge on any atom is -0.340 e. The number of rotatable bonds is 4. The SMILES string of the molecule is CCC(C)C(=O)Cn1ccc2cc(C)ccc21. The number of fused-ring (bicyclic) bond motifs is 1. The topological polar surface area (TPSA) is 22.0 Å². The normalized spacial score (nSPS) is 12.9. The minimum absolute atomic E-state index is 0.151. The second-order valence-corrected chi connectivity index (χ2v) is 4.78. The van der Waals surface area contributed by atoms with Gasteiger partial charge in [0.1, 0.15) is 0 Å². The van der Waals surface area contributed by atoms with Crippen molar-refractivity contribution in [2.24, 2.45) is 5.92 Å². The Morgan fingerprint density at radius 1 is 1.35 bits per heavy atom. The van der Waals surface area contributed by atoms with Crippen LogP contribution < -0.4 is 0 Å². The summed E-state index contributed by atoms with van der Waals surface area (Å²) in [6.45, 7) is 6.63. The molecule has 0 bridgehead atoms. The van der Waals surface area contributed by atoms with Crippen LogP contribution in [0.1, 0.15) is 25.8 Å². The first-order valence-electron chi connectivity index (χ1n) is 6.20. The smallest absolute Gasteiger partial charge is 0.155 e. The molecule has 0 radical (unpaired) electrons. The molecule has 1 heterocycles. The molecule has 0 saturated heterocycles. The molecule has 0 spiro atoms. The molecule has 0 amide bonds. The van der Waals surface area contributed by atoms with Crippen molar-refractivity contribution in [2.45, 2.75) is 33.7 Å². The minimum atomic E-state index is 0.151. The molecule has 1 aromatic heterocycles. The van der Waals surface area contributed by atoms with Crippen LogP contribution in [0.4, 0.5) is 0 Å². The highest BCUT2D eigenvalue weighted by Crippen LogP contribution is 2.18. The van der Waals surface area contributed by atoms with Crippen LogP contribution in [0.3, 0.4) is 0 Å². The van der Waals surface area contributed by atoms with Crippen molar-refractivity contribution in [3.63, 3.8) is 0 Å². The van der Waals surface area contributed by atoms with Gasteiger partial charge in [0.25, 0.3) is 0 Å². The lowest BCUT2D eigenvalue weighted by atomic mass is 10.0. The van der Waals surface area contributed by atoms with Crippen LogP contribution in [0.25, 0.3) is 10.9 Å². The summed E-state index contributed by atoms with van der Waals surface area (Å²) in [6.07, 6.45) is 2.92. The van der Waals surface area contributed by atoms with Crippen LogP contribution in [-0.4, -0.2) is 10.4 Å². The Kier molecular flexibility index (Phi) is 3.32. The summed E-state index contributed by atoms with van der Waals surface area (Å²) in [5, 5.41) is 1.21. The van der Waals surface area contributed by atoms with Crippen LogP contribution in [0.5, 0.6) is 0 Å². The van der Waals surface area contributed by atoms with Gasteiger partial charge in [0.05, 0.1) is 6.54 Å². The van der Waals surface area contributed by atoms with Crippen molar-refractivity contribution in [3.05, 3.63) is 36.0 Å². The number of carbonyl (C=O) groups is 1. The Labute approximate surface area is 102 Å². The third kappa shape index (κ3) is 2.41. The van der Waals surface area contributed by atoms with E-state index in [9.17, 15) is 4.79 Å². The summed E-state index contributed by atoms with van der Waals surface area (Å²) >= 11 is 0. The monoisotopic (exact) mass is 229 g/mol. The highest BCUT2D eigenvalue weighted by molar-refractivity contribution is 5.85. The lowest BCUT2D eigenvalue weighted by Crippen LogP contribution is -2.16. The average molecular weight is 229 g/mol. The first-order chi connectivity index (χ1) is 8.11. The summed E-state index contributed by atoms with van der Waals surface area (Å²) in [5.41, 5.74) is 2.40. The summed E-state index contributed by atoms with van der Waals surface area (Å²) < 4.78 is 2.04. The van der Waals surface area contributed by atoms with Crippen molar-refractivity contribution in [1.29, 1.82) is 0 Å². The average Bonchev–Trinajstić information content (AvgIpc) is 2.70. The quantitative estimate of drug-likeness (QED) is 0.785. The fraction of sp³-hybridized carbons (Fsp3) is 0.400. The molecule has 2 rings (SSSR count). The lowest BCUT2D eigenvalue weighted by Gasteiger charge is -2.09. The largest absolute Gasteiger partial charge is 0.340 e. The third-order valence-corrected chi connectivity index (χ3v) is 3.41. The van der Waals surface area contributed by atoms with Gasteiger partial charge in [-0.15, -0.1) is 0 Å². The van der Waals surface area contributed by atoms with Crippen LogP contribution in [0, 0.1) is 12.8 Å². The summed E-state index contributed by atoms with van der Waals surface area (Å²) in [6, 6.07) is 8.41. The summed E-state index contributed by atoms with van der Waals surface area (Å²) in [4.78, 5) is 11.9. The van der Waals surface area contributed by atoms with E-state index in [1.165, 1.54) is 10.9 Å². The fourth-order valence-electron chi connectivity index (χ4n) is 2.01. The van der Waals surface area contributed by atoms with Crippen molar-refractivity contribution >= 4 is 16.7 Å². The number of aromatic nitrogens is 1. The predicted molar refractivity (Wildman–Crippen MR) is 71.1 cm³/mol. The van der Waals surface area contributed by atoms with E-state index in [4.69, 9.17) is 0 Å². The highest BCUT2D eigenvalue weighted by atomic mass is 16.1. The molecular weight excluding hydrogens is 210 g/mol. The second kappa shape index (κ2) is 4.74. The molecule has 0 aliphatic rings. The number of hydrogen-bond acceptors (Lipinski definition) is 1. The van der Waals surface area contributed by atoms with Crippen LogP contribution in [-0.2, 0) is 11.3 Å². The van der Waals surface area contributed by atoms with Gasteiger partial charge in [-0.25, -0.2) is 0 Å². The van der Waals surface area contributed by atoms with E-state index in [1.54, 1.807) is 0 Å². The fourth-order valence-corrected chi connectivity index (χ4v) is 2.01. The predicted octanol–water partition coefficient (Wildman–Crippen LogP) is 3.56. The van der Waals surface area contributed by atoms with E-state index < -0.39 is 0 Å². The first-order valence-corrected chi connectivity index (χ1v) is 6.20. The zero-order valence-corrected chi connectivity index (χ0v) is 10.7. The Morgan fingerprint density at radius 2 is 2.12 bits per heavy atom. The molecule has 1 atom stereocenters. The molecule has 1 aromatic carbocycles. The Bertz CT molecular complexity index is 539. The van der Waals surface area contributed by atoms with E-state index in [2.05, 4.69) is 38.1 Å². The molecule has 0 aliphatic heterocycles. The van der Waals surface area contributed by atoms with Crippen LogP contribution in [0.2, 0.25) is 0 Å². The summed E-state index contributed by atoms with van der Waals surface area (Å²) in [5.74, 6) is 0.462. The first kappa shape index (κ1) is 11.9. The van der Waals surface area contributed by atoms with Crippen molar-refractivity contribution in [3.8, 4) is 0 Å². The van der Waals surface area contributed by atoms with Gasteiger partial charge in [-0.3, -0.25) is 4.79 Å². The molecule has 0 fully saturated rings. The summed E-state index contributed by atoms with van der Waals surface area (Å²) in [7, 11) is 0. The van der Waals surface area contributed by atoms with Gasteiger partial charge in [-0.1, -0.05) is 25.5 Å². The van der Waals surface area contributed by atoms with Gasteiger partial charge in [-0.05, 0) is 36.9 Å². The number of hydrogen-bond donors (Lipinski definition) is 0. The maximum atomic E-state index is 11.9. The number of Topliss-reactive ketones (excluding diaryl/α,β-unsaturated/α-hetero) is 1. The lowest BCUT2D eigenvalue weighted by molar-refractivity contribution is -0.122. The Hall–Kier alpha value is -1.57. The molecule has 0 aliphatic carbocycles. The van der Waals surface area contributed by atoms with Gasteiger partial charge < -0.3 is 4.57 Å². The van der Waals surface area contributed by atoms with E-state index in [-0.39, 0.29) is 5.92 Å². The Balaban J connectivity index is 2.28. The maximum Gasteiger partial charge on any atom is 0.155 e. The molecular formula is C15H19NO. The number of benzene rings is 1. The zero-order valence-electron chi connectivity index (χ0n) is 10.7. The second-order valence-electron chi connectivity index (χ2n) is 4.78. The number of aryl methyl sites for hydroxylation is 1. The van der Waals surface area contributed by atoms with Gasteiger partial charge in [-0.2, -0.15) is 0 Å². The molecule has 0 N–H and O–H groups in total. The Morgan fingerprint density at radius 3 is 2.82 bits per heavy atom. The van der Waals surface area contributed by atoms with Crippen molar-refractivity contribution in [1.82, 2.24) is 4.57 Å². The molecule has 0 saturated carbocycles. The number of ketones is 1. The van der Waals surface area contributed by atoms with Gasteiger partial charge >= 0.3 is 0 Å². The zero-order chi connectivity index (χ0) is 12.4. The van der Waals surface area contributed by atoms with Gasteiger partial charge in [0.2, 0.25) is 0 Å². The number of nitrogens with zero attached hydrogens (tertiary/aromatic N) is 1. The van der Waals surface area contributed by atoms with E-state index in [0.717, 1.165) is 11.9 Å². The number of carbonyl (C=O) groups excluding carboxylic acids is 1. The molecule has 1 unspecified atom stereocenters. The third-order valence-electron chi connectivity index (χ3n) is 3.41. The van der Waals surface area contributed by atoms with Crippen molar-refractivity contribution < 1.29 is 4.79 Å². The molecule has 90 valence electrons. The molecule has 2 nitrogen and oxygen atoms in total. The molecule has 2 heteroatoms. The van der Waals surface area contributed by atoms with E-state index in [1.807, 2.05) is 17.7 Å². The highest BCUT2D eigenvalue weighted by Gasteiger charge is 2.12. The molecule has 17 heavy (non-hydrogen) atoms. The van der Waals surface area contributed by atoms with Crippen LogP contribution in [0.15, 0.2) is 30.5 Å². The van der Waals surface area contributed by atoms with Gasteiger partial charge in [0, 0.05) is 17.6 Å². The van der Waals surface area contributed by atoms with E-state index in [0.29, 0.717) is 12.3 Å². The standard InChI is InChI=1S/C15H19NO/c1-4-12(3)15(17)10-16-8-7-13-9-11(2)5-6-14(13)16/h5-9,12H,4,10H2,1-3H3. The van der Waals surface area contributed by atoms with Gasteiger partial charge in [0.15, 0.2) is 5.78 Å². The molecule has 2 aromatic rings. The maximum absolute atomic E-state index is 11.9.